The molecule has 0 aromatic rings. The molecule has 1 aliphatic carbocycles. The zero-order valence-electron chi connectivity index (χ0n) is 10.7. The molecule has 1 saturated heterocycles. The predicted molar refractivity (Wildman–Crippen MR) is 64.0 cm³/mol. The molecule has 0 bridgehead atoms. The average Bonchev–Trinajstić information content (AvgIpc) is 2.49. The second kappa shape index (κ2) is 4.13. The molecule has 0 aromatic heterocycles. The lowest BCUT2D eigenvalue weighted by Crippen LogP contribution is -2.30. The fourth-order valence-electron chi connectivity index (χ4n) is 2.80. The molecule has 0 radical (unpaired) electrons. The van der Waals surface area contributed by atoms with Gasteiger partial charge in [0.2, 0.25) is 0 Å². The monoisotopic (exact) mass is 234 g/mol. The summed E-state index contributed by atoms with van der Waals surface area (Å²) >= 11 is 0. The van der Waals surface area contributed by atoms with Crippen molar-refractivity contribution in [2.75, 3.05) is 0 Å². The Morgan fingerprint density at radius 1 is 1.29 bits per heavy atom. The lowest BCUT2D eigenvalue weighted by molar-refractivity contribution is -0.154. The maximum absolute atomic E-state index is 11.6. The number of ether oxygens (including phenoxy) is 1. The Morgan fingerprint density at radius 2 is 1.94 bits per heavy atom. The zero-order chi connectivity index (χ0) is 12.7. The van der Waals surface area contributed by atoms with Crippen molar-refractivity contribution in [2.45, 2.75) is 34.1 Å². The molecule has 92 valence electrons. The number of cyclic esters (lactones) is 2. The molecule has 1 heterocycles. The van der Waals surface area contributed by atoms with Crippen molar-refractivity contribution in [3.05, 3.63) is 22.8 Å². The van der Waals surface area contributed by atoms with Crippen LogP contribution in [0.1, 0.15) is 34.1 Å². The third kappa shape index (κ3) is 1.94. The number of allylic oxidation sites excluding steroid dienone is 4. The van der Waals surface area contributed by atoms with Gasteiger partial charge in [-0.15, -0.1) is 0 Å². The molecule has 1 fully saturated rings. The quantitative estimate of drug-likeness (QED) is 0.517. The summed E-state index contributed by atoms with van der Waals surface area (Å²) in [7, 11) is 0. The molecule has 17 heavy (non-hydrogen) atoms. The van der Waals surface area contributed by atoms with Crippen LogP contribution in [0.15, 0.2) is 22.8 Å². The van der Waals surface area contributed by atoms with Crippen molar-refractivity contribution in [1.82, 2.24) is 0 Å². The maximum atomic E-state index is 11.6. The zero-order valence-corrected chi connectivity index (χ0v) is 10.7. The van der Waals surface area contributed by atoms with E-state index in [0.29, 0.717) is 6.42 Å². The number of carbonyl (C=O) groups excluding carboxylic acids is 2. The van der Waals surface area contributed by atoms with Gasteiger partial charge < -0.3 is 4.74 Å². The SMILES string of the molecule is CC(C)=CC1=C(C)[C@@H](C)[C@H]2C(=O)OC(=O)[C@@H]2C1. The van der Waals surface area contributed by atoms with Gasteiger partial charge in [0, 0.05) is 0 Å². The van der Waals surface area contributed by atoms with Crippen LogP contribution in [0.25, 0.3) is 0 Å². The molecule has 0 spiro atoms. The largest absolute Gasteiger partial charge is 0.393 e. The molecular formula is C14H18O3. The first kappa shape index (κ1) is 12.1. The van der Waals surface area contributed by atoms with Crippen LogP contribution in [0.4, 0.5) is 0 Å². The normalized spacial score (nSPS) is 32.4. The van der Waals surface area contributed by atoms with E-state index in [1.54, 1.807) is 0 Å². The van der Waals surface area contributed by atoms with E-state index >= 15 is 0 Å². The van der Waals surface area contributed by atoms with E-state index in [0.717, 1.165) is 0 Å². The second-order valence-electron chi connectivity index (χ2n) is 5.30. The van der Waals surface area contributed by atoms with Crippen LogP contribution in [0.2, 0.25) is 0 Å². The number of fused-ring (bicyclic) bond motifs is 1. The molecular weight excluding hydrogens is 216 g/mol. The van der Waals surface area contributed by atoms with Crippen molar-refractivity contribution < 1.29 is 14.3 Å². The molecule has 0 aromatic carbocycles. The van der Waals surface area contributed by atoms with Gasteiger partial charge in [-0.3, -0.25) is 9.59 Å². The standard InChI is InChI=1S/C14H18O3/c1-7(2)5-10-6-11-12(9(4)8(10)3)14(16)17-13(11)15/h5,9,11-12H,6H2,1-4H3/t9-,11-,12-/m1/s1. The van der Waals surface area contributed by atoms with E-state index < -0.39 is 0 Å². The van der Waals surface area contributed by atoms with E-state index in [1.807, 2.05) is 27.7 Å². The third-order valence-electron chi connectivity index (χ3n) is 3.84. The molecule has 2 aliphatic rings. The Hall–Kier alpha value is -1.38. The van der Waals surface area contributed by atoms with E-state index in [2.05, 4.69) is 6.08 Å². The number of esters is 2. The highest BCUT2D eigenvalue weighted by molar-refractivity contribution is 5.97. The Morgan fingerprint density at radius 3 is 2.53 bits per heavy atom. The lowest BCUT2D eigenvalue weighted by Gasteiger charge is -2.29. The third-order valence-corrected chi connectivity index (χ3v) is 3.84. The van der Waals surface area contributed by atoms with Gasteiger partial charge in [0.1, 0.15) is 0 Å². The average molecular weight is 234 g/mol. The van der Waals surface area contributed by atoms with Crippen molar-refractivity contribution in [2.24, 2.45) is 17.8 Å². The molecule has 2 rings (SSSR count). The van der Waals surface area contributed by atoms with Crippen LogP contribution < -0.4 is 0 Å². The molecule has 1 aliphatic heterocycles. The van der Waals surface area contributed by atoms with Crippen LogP contribution in [0.5, 0.6) is 0 Å². The molecule has 3 nitrogen and oxygen atoms in total. The van der Waals surface area contributed by atoms with Crippen molar-refractivity contribution in [3.8, 4) is 0 Å². The van der Waals surface area contributed by atoms with Gasteiger partial charge in [-0.1, -0.05) is 24.1 Å². The van der Waals surface area contributed by atoms with Gasteiger partial charge in [0.15, 0.2) is 0 Å². The van der Waals surface area contributed by atoms with E-state index in [-0.39, 0.29) is 29.7 Å². The molecule has 0 N–H and O–H groups in total. The van der Waals surface area contributed by atoms with Gasteiger partial charge >= 0.3 is 11.9 Å². The molecule has 0 saturated carbocycles. The summed E-state index contributed by atoms with van der Waals surface area (Å²) in [5.74, 6) is -1.14. The molecule has 0 unspecified atom stereocenters. The van der Waals surface area contributed by atoms with Crippen molar-refractivity contribution in [1.29, 1.82) is 0 Å². The fourth-order valence-corrected chi connectivity index (χ4v) is 2.80. The molecule has 3 heteroatoms. The van der Waals surface area contributed by atoms with Crippen molar-refractivity contribution >= 4 is 11.9 Å². The summed E-state index contributed by atoms with van der Waals surface area (Å²) in [5.41, 5.74) is 3.60. The highest BCUT2D eigenvalue weighted by Crippen LogP contribution is 2.43. The second-order valence-corrected chi connectivity index (χ2v) is 5.30. The van der Waals surface area contributed by atoms with Gasteiger partial charge in [-0.05, 0) is 38.7 Å². The van der Waals surface area contributed by atoms with Crippen LogP contribution >= 0.6 is 0 Å². The molecule has 0 amide bonds. The predicted octanol–water partition coefficient (Wildman–Crippen LogP) is 2.62. The summed E-state index contributed by atoms with van der Waals surface area (Å²) in [5, 5.41) is 0. The number of hydrogen-bond acceptors (Lipinski definition) is 3. The lowest BCUT2D eigenvalue weighted by atomic mass is 9.71. The van der Waals surface area contributed by atoms with Gasteiger partial charge in [0.25, 0.3) is 0 Å². The highest BCUT2D eigenvalue weighted by atomic mass is 16.6. The molecule has 3 atom stereocenters. The van der Waals surface area contributed by atoms with Crippen LogP contribution in [0.3, 0.4) is 0 Å². The summed E-state index contributed by atoms with van der Waals surface area (Å²) in [6, 6.07) is 0. The number of carbonyl (C=O) groups is 2. The minimum atomic E-state index is -0.348. The van der Waals surface area contributed by atoms with E-state index in [1.165, 1.54) is 16.7 Å². The van der Waals surface area contributed by atoms with Crippen LogP contribution in [-0.2, 0) is 14.3 Å². The van der Waals surface area contributed by atoms with Crippen LogP contribution in [-0.4, -0.2) is 11.9 Å². The Labute approximate surface area is 102 Å². The van der Waals surface area contributed by atoms with E-state index in [9.17, 15) is 9.59 Å². The minimum Gasteiger partial charge on any atom is -0.393 e. The smallest absolute Gasteiger partial charge is 0.318 e. The Balaban J connectivity index is 2.40. The first-order valence-electron chi connectivity index (χ1n) is 6.02. The van der Waals surface area contributed by atoms with Crippen molar-refractivity contribution in [3.63, 3.8) is 0 Å². The van der Waals surface area contributed by atoms with E-state index in [4.69, 9.17) is 4.74 Å². The minimum absolute atomic E-state index is 0.0956. The van der Waals surface area contributed by atoms with Gasteiger partial charge in [0.05, 0.1) is 11.8 Å². The summed E-state index contributed by atoms with van der Waals surface area (Å²) in [6.45, 7) is 8.13. The number of hydrogen-bond donors (Lipinski definition) is 0. The van der Waals surface area contributed by atoms with Gasteiger partial charge in [-0.25, -0.2) is 0 Å². The summed E-state index contributed by atoms with van der Waals surface area (Å²) < 4.78 is 4.76. The maximum Gasteiger partial charge on any atom is 0.318 e. The van der Waals surface area contributed by atoms with Gasteiger partial charge in [-0.2, -0.15) is 0 Å². The highest BCUT2D eigenvalue weighted by Gasteiger charge is 2.49. The topological polar surface area (TPSA) is 43.4 Å². The fraction of sp³-hybridized carbons (Fsp3) is 0.571. The van der Waals surface area contributed by atoms with Crippen LogP contribution in [0, 0.1) is 17.8 Å². The summed E-state index contributed by atoms with van der Waals surface area (Å²) in [4.78, 5) is 23.2. The summed E-state index contributed by atoms with van der Waals surface area (Å²) in [6.07, 6.45) is 2.74. The Bertz CT molecular complexity index is 438. The first-order chi connectivity index (χ1) is 7.91. The first-order valence-corrected chi connectivity index (χ1v) is 6.02. The Kier molecular flexibility index (Phi) is 2.94. The number of rotatable bonds is 1.